The third-order valence-electron chi connectivity index (χ3n) is 1.87. The second-order valence-corrected chi connectivity index (χ2v) is 4.34. The molecule has 0 fully saturated rings. The lowest BCUT2D eigenvalue weighted by molar-refractivity contribution is -0.136. The Morgan fingerprint density at radius 3 is 2.75 bits per heavy atom. The Labute approximate surface area is 95.6 Å². The molecule has 0 spiro atoms. The number of aliphatic carboxylic acids is 1. The van der Waals surface area contributed by atoms with E-state index in [1.807, 2.05) is 0 Å². The first kappa shape index (κ1) is 12.9. The third-order valence-corrected chi connectivity index (χ3v) is 3.16. The summed E-state index contributed by atoms with van der Waals surface area (Å²) in [5.74, 6) is -2.31. The van der Waals surface area contributed by atoms with Crippen molar-refractivity contribution >= 4 is 17.7 Å². The molecule has 88 valence electrons. The van der Waals surface area contributed by atoms with Crippen molar-refractivity contribution in [3.63, 3.8) is 0 Å². The van der Waals surface area contributed by atoms with Crippen molar-refractivity contribution in [1.29, 1.82) is 0 Å². The van der Waals surface area contributed by atoms with Crippen LogP contribution in [0.15, 0.2) is 23.1 Å². The summed E-state index contributed by atoms with van der Waals surface area (Å²) in [5, 5.41) is 7.97. The van der Waals surface area contributed by atoms with Crippen molar-refractivity contribution in [3.8, 4) is 0 Å². The maximum Gasteiger partial charge on any atom is 0.317 e. The summed E-state index contributed by atoms with van der Waals surface area (Å²) in [4.78, 5) is 10.8. The van der Waals surface area contributed by atoms with Gasteiger partial charge in [0.05, 0.1) is 0 Å². The summed E-state index contributed by atoms with van der Waals surface area (Å²) in [5.41, 5.74) is 5.24. The van der Waals surface area contributed by atoms with Crippen molar-refractivity contribution in [2.45, 2.75) is 16.6 Å². The van der Waals surface area contributed by atoms with E-state index < -0.39 is 22.9 Å². The van der Waals surface area contributed by atoms with E-state index in [4.69, 9.17) is 10.8 Å². The number of carbonyl (C=O) groups is 1. The van der Waals surface area contributed by atoms with Gasteiger partial charge in [-0.25, -0.2) is 8.78 Å². The topological polar surface area (TPSA) is 63.3 Å². The van der Waals surface area contributed by atoms with Crippen LogP contribution in [0.4, 0.5) is 8.78 Å². The zero-order valence-corrected chi connectivity index (χ0v) is 9.14. The SMILES string of the molecule is NCCC(Sc1cc(F)ccc1F)C(=O)O. The molecule has 16 heavy (non-hydrogen) atoms. The monoisotopic (exact) mass is 247 g/mol. The highest BCUT2D eigenvalue weighted by molar-refractivity contribution is 8.00. The van der Waals surface area contributed by atoms with Gasteiger partial charge in [-0.15, -0.1) is 11.8 Å². The first-order chi connectivity index (χ1) is 7.54. The Morgan fingerprint density at radius 2 is 2.19 bits per heavy atom. The normalized spacial score (nSPS) is 12.4. The van der Waals surface area contributed by atoms with Crippen LogP contribution in [0.5, 0.6) is 0 Å². The van der Waals surface area contributed by atoms with Crippen LogP contribution in [0, 0.1) is 11.6 Å². The van der Waals surface area contributed by atoms with Crippen molar-refractivity contribution in [2.24, 2.45) is 5.73 Å². The van der Waals surface area contributed by atoms with Gasteiger partial charge in [0.2, 0.25) is 0 Å². The van der Waals surface area contributed by atoms with Crippen LogP contribution in [0.1, 0.15) is 6.42 Å². The fraction of sp³-hybridized carbons (Fsp3) is 0.300. The molecule has 1 aromatic carbocycles. The van der Waals surface area contributed by atoms with E-state index >= 15 is 0 Å². The quantitative estimate of drug-likeness (QED) is 0.779. The van der Waals surface area contributed by atoms with Crippen LogP contribution in [-0.4, -0.2) is 22.9 Å². The number of hydrogen-bond acceptors (Lipinski definition) is 3. The van der Waals surface area contributed by atoms with E-state index in [1.54, 1.807) is 0 Å². The number of rotatable bonds is 5. The number of hydrogen-bond donors (Lipinski definition) is 2. The molecule has 0 aliphatic rings. The van der Waals surface area contributed by atoms with Gasteiger partial charge in [0.25, 0.3) is 0 Å². The molecule has 0 aliphatic carbocycles. The fourth-order valence-corrected chi connectivity index (χ4v) is 2.13. The number of carboxylic acids is 1. The van der Waals surface area contributed by atoms with Gasteiger partial charge in [-0.2, -0.15) is 0 Å². The maximum atomic E-state index is 13.2. The minimum absolute atomic E-state index is 0.0131. The van der Waals surface area contributed by atoms with Crippen LogP contribution in [0.2, 0.25) is 0 Å². The second kappa shape index (κ2) is 5.81. The summed E-state index contributed by atoms with van der Waals surface area (Å²) in [6.45, 7) is 0.181. The molecular formula is C10H11F2NO2S. The van der Waals surface area contributed by atoms with Gasteiger partial charge in [0, 0.05) is 4.90 Å². The molecule has 3 nitrogen and oxygen atoms in total. The van der Waals surface area contributed by atoms with E-state index in [0.29, 0.717) is 0 Å². The van der Waals surface area contributed by atoms with Gasteiger partial charge >= 0.3 is 5.97 Å². The highest BCUT2D eigenvalue weighted by Crippen LogP contribution is 2.28. The fourth-order valence-electron chi connectivity index (χ4n) is 1.10. The first-order valence-corrected chi connectivity index (χ1v) is 5.47. The molecule has 0 bridgehead atoms. The Hall–Kier alpha value is -1.14. The summed E-state index contributed by atoms with van der Waals surface area (Å²) in [7, 11) is 0. The third kappa shape index (κ3) is 3.46. The molecule has 1 atom stereocenters. The largest absolute Gasteiger partial charge is 0.480 e. The molecule has 0 saturated carbocycles. The average molecular weight is 247 g/mol. The minimum Gasteiger partial charge on any atom is -0.480 e. The van der Waals surface area contributed by atoms with Gasteiger partial charge < -0.3 is 10.8 Å². The lowest BCUT2D eigenvalue weighted by Gasteiger charge is -2.11. The van der Waals surface area contributed by atoms with Crippen LogP contribution < -0.4 is 5.73 Å². The predicted octanol–water partition coefficient (Wildman–Crippen LogP) is 1.86. The molecule has 1 rings (SSSR count). The molecule has 0 heterocycles. The highest BCUT2D eigenvalue weighted by atomic mass is 32.2. The molecule has 0 aromatic heterocycles. The average Bonchev–Trinajstić information content (AvgIpc) is 2.22. The lowest BCUT2D eigenvalue weighted by atomic mass is 10.3. The van der Waals surface area contributed by atoms with Crippen molar-refractivity contribution in [1.82, 2.24) is 0 Å². The molecule has 6 heteroatoms. The number of halogens is 2. The molecule has 3 N–H and O–H groups in total. The Bertz CT molecular complexity index is 387. The van der Waals surface area contributed by atoms with Crippen LogP contribution >= 0.6 is 11.8 Å². The first-order valence-electron chi connectivity index (χ1n) is 4.59. The molecule has 0 amide bonds. The Kier molecular flexibility index (Phi) is 4.70. The summed E-state index contributed by atoms with van der Waals surface area (Å²) >= 11 is 0.768. The van der Waals surface area contributed by atoms with Crippen molar-refractivity contribution in [2.75, 3.05) is 6.54 Å². The predicted molar refractivity (Wildman–Crippen MR) is 57.3 cm³/mol. The number of thioether (sulfide) groups is 1. The maximum absolute atomic E-state index is 13.2. The summed E-state index contributed by atoms with van der Waals surface area (Å²) in [6.07, 6.45) is 0.204. The van der Waals surface area contributed by atoms with E-state index in [-0.39, 0.29) is 17.9 Å². The number of nitrogens with two attached hydrogens (primary N) is 1. The zero-order valence-electron chi connectivity index (χ0n) is 8.32. The van der Waals surface area contributed by atoms with E-state index in [2.05, 4.69) is 0 Å². The van der Waals surface area contributed by atoms with Gasteiger partial charge in [-0.1, -0.05) is 0 Å². The Morgan fingerprint density at radius 1 is 1.50 bits per heavy atom. The van der Waals surface area contributed by atoms with Crippen molar-refractivity contribution < 1.29 is 18.7 Å². The van der Waals surface area contributed by atoms with E-state index in [0.717, 1.165) is 30.0 Å². The van der Waals surface area contributed by atoms with E-state index in [1.165, 1.54) is 0 Å². The molecule has 1 aromatic rings. The number of benzene rings is 1. The second-order valence-electron chi connectivity index (χ2n) is 3.10. The minimum atomic E-state index is -1.08. The molecule has 0 aliphatic heterocycles. The molecule has 0 radical (unpaired) electrons. The van der Waals surface area contributed by atoms with E-state index in [9.17, 15) is 13.6 Å². The van der Waals surface area contributed by atoms with Crippen LogP contribution in [0.3, 0.4) is 0 Å². The Balaban J connectivity index is 2.84. The molecule has 0 saturated heterocycles. The van der Waals surface area contributed by atoms with Gasteiger partial charge in [0.1, 0.15) is 16.9 Å². The van der Waals surface area contributed by atoms with Crippen LogP contribution in [0.25, 0.3) is 0 Å². The highest BCUT2D eigenvalue weighted by Gasteiger charge is 2.19. The summed E-state index contributed by atoms with van der Waals surface area (Å²) < 4.78 is 26.1. The smallest absolute Gasteiger partial charge is 0.317 e. The molecular weight excluding hydrogens is 236 g/mol. The van der Waals surface area contributed by atoms with Crippen LogP contribution in [-0.2, 0) is 4.79 Å². The number of carboxylic acid groups (broad SMARTS) is 1. The molecule has 1 unspecified atom stereocenters. The zero-order chi connectivity index (χ0) is 12.1. The van der Waals surface area contributed by atoms with Gasteiger partial charge in [0.15, 0.2) is 0 Å². The van der Waals surface area contributed by atoms with Crippen molar-refractivity contribution in [3.05, 3.63) is 29.8 Å². The summed E-state index contributed by atoms with van der Waals surface area (Å²) in [6, 6.07) is 2.93. The van der Waals surface area contributed by atoms with Gasteiger partial charge in [-0.05, 0) is 31.2 Å². The lowest BCUT2D eigenvalue weighted by Crippen LogP contribution is -2.20. The van der Waals surface area contributed by atoms with Gasteiger partial charge in [-0.3, -0.25) is 4.79 Å². The standard InChI is InChI=1S/C10H11F2NO2S/c11-6-1-2-7(12)9(5-6)16-8(3-4-13)10(14)15/h1-2,5,8H,3-4,13H2,(H,14,15).